The average Bonchev–Trinajstić information content (AvgIpc) is 2.38. The van der Waals surface area contributed by atoms with Gasteiger partial charge < -0.3 is 21.9 Å². The Hall–Kier alpha value is -2.08. The number of nitrogens with one attached hydrogen (secondary N) is 1. The molecule has 0 aliphatic heterocycles. The quantitative estimate of drug-likeness (QED) is 0.425. The van der Waals surface area contributed by atoms with E-state index in [1.165, 1.54) is 0 Å². The van der Waals surface area contributed by atoms with E-state index in [1.807, 2.05) is 0 Å². The summed E-state index contributed by atoms with van der Waals surface area (Å²) in [6.07, 6.45) is 1.77. The van der Waals surface area contributed by atoms with Crippen molar-refractivity contribution in [2.24, 2.45) is 5.73 Å². The van der Waals surface area contributed by atoms with Crippen LogP contribution < -0.4 is 16.8 Å². The molecular weight excluding hydrogens is 246 g/mol. The summed E-state index contributed by atoms with van der Waals surface area (Å²) in [5.74, 6) is -1.46. The number of rotatable bonds is 7. The molecule has 0 bridgehead atoms. The minimum atomic E-state index is -1.04. The van der Waals surface area contributed by atoms with Crippen molar-refractivity contribution in [1.82, 2.24) is 5.32 Å². The molecule has 0 radical (unpaired) electrons. The van der Waals surface area contributed by atoms with Crippen LogP contribution in [-0.4, -0.2) is 29.6 Å². The third-order valence-electron chi connectivity index (χ3n) is 2.72. The molecule has 0 saturated heterocycles. The van der Waals surface area contributed by atoms with Crippen molar-refractivity contribution < 1.29 is 14.7 Å². The number of carboxylic acids is 1. The SMILES string of the molecule is NCCCCC(NC(=O)c1ccc(N)cc1)C(=O)O. The number of carbonyl (C=O) groups is 2. The van der Waals surface area contributed by atoms with Crippen molar-refractivity contribution in [3.63, 3.8) is 0 Å². The number of carbonyl (C=O) groups excluding carboxylic acids is 1. The second-order valence-electron chi connectivity index (χ2n) is 4.27. The van der Waals surface area contributed by atoms with E-state index in [4.69, 9.17) is 16.6 Å². The van der Waals surface area contributed by atoms with Crippen LogP contribution in [0.3, 0.4) is 0 Å². The number of unbranched alkanes of at least 4 members (excludes halogenated alkanes) is 1. The zero-order valence-corrected chi connectivity index (χ0v) is 10.6. The fourth-order valence-electron chi connectivity index (χ4n) is 1.63. The van der Waals surface area contributed by atoms with Gasteiger partial charge in [-0.05, 0) is 50.1 Å². The zero-order valence-electron chi connectivity index (χ0n) is 10.6. The highest BCUT2D eigenvalue weighted by Crippen LogP contribution is 2.07. The summed E-state index contributed by atoms with van der Waals surface area (Å²) in [6, 6.07) is 5.42. The smallest absolute Gasteiger partial charge is 0.326 e. The Morgan fingerprint density at radius 1 is 1.21 bits per heavy atom. The molecule has 0 spiro atoms. The van der Waals surface area contributed by atoms with Crippen LogP contribution >= 0.6 is 0 Å². The van der Waals surface area contributed by atoms with E-state index in [-0.39, 0.29) is 0 Å². The lowest BCUT2D eigenvalue weighted by Crippen LogP contribution is -2.40. The molecule has 6 N–H and O–H groups in total. The summed E-state index contributed by atoms with van der Waals surface area (Å²) < 4.78 is 0. The van der Waals surface area contributed by atoms with Crippen LogP contribution in [0.25, 0.3) is 0 Å². The summed E-state index contributed by atoms with van der Waals surface area (Å²) in [4.78, 5) is 22.9. The van der Waals surface area contributed by atoms with E-state index in [9.17, 15) is 9.59 Å². The lowest BCUT2D eigenvalue weighted by atomic mass is 10.1. The number of anilines is 1. The van der Waals surface area contributed by atoms with Gasteiger partial charge in [-0.2, -0.15) is 0 Å². The largest absolute Gasteiger partial charge is 0.480 e. The van der Waals surface area contributed by atoms with Crippen molar-refractivity contribution in [3.05, 3.63) is 29.8 Å². The first-order valence-electron chi connectivity index (χ1n) is 6.14. The highest BCUT2D eigenvalue weighted by atomic mass is 16.4. The first-order chi connectivity index (χ1) is 9.04. The number of hydrogen-bond donors (Lipinski definition) is 4. The zero-order chi connectivity index (χ0) is 14.3. The van der Waals surface area contributed by atoms with Crippen molar-refractivity contribution in [1.29, 1.82) is 0 Å². The van der Waals surface area contributed by atoms with Crippen molar-refractivity contribution >= 4 is 17.6 Å². The molecule has 1 aromatic rings. The summed E-state index contributed by atoms with van der Waals surface area (Å²) in [5.41, 5.74) is 11.8. The molecular formula is C13H19N3O3. The van der Waals surface area contributed by atoms with Gasteiger partial charge in [-0.15, -0.1) is 0 Å². The molecule has 0 heterocycles. The summed E-state index contributed by atoms with van der Waals surface area (Å²) >= 11 is 0. The molecule has 1 atom stereocenters. The fourth-order valence-corrected chi connectivity index (χ4v) is 1.63. The van der Waals surface area contributed by atoms with Crippen LogP contribution in [0.1, 0.15) is 29.6 Å². The van der Waals surface area contributed by atoms with Gasteiger partial charge in [-0.3, -0.25) is 4.79 Å². The van der Waals surface area contributed by atoms with Gasteiger partial charge in [0.05, 0.1) is 0 Å². The van der Waals surface area contributed by atoms with Crippen molar-refractivity contribution in [2.75, 3.05) is 12.3 Å². The minimum Gasteiger partial charge on any atom is -0.480 e. The number of benzene rings is 1. The normalized spacial score (nSPS) is 11.8. The van der Waals surface area contributed by atoms with E-state index in [0.29, 0.717) is 30.6 Å². The van der Waals surface area contributed by atoms with Gasteiger partial charge >= 0.3 is 5.97 Å². The topological polar surface area (TPSA) is 118 Å². The van der Waals surface area contributed by atoms with Gasteiger partial charge in [0.1, 0.15) is 6.04 Å². The number of nitrogen functional groups attached to an aromatic ring is 1. The summed E-state index contributed by atoms with van der Waals surface area (Å²) in [6.45, 7) is 0.512. The van der Waals surface area contributed by atoms with Gasteiger partial charge in [0.2, 0.25) is 0 Å². The van der Waals surface area contributed by atoms with Crippen LogP contribution in [-0.2, 0) is 4.79 Å². The Bertz CT molecular complexity index is 431. The molecule has 1 rings (SSSR count). The lowest BCUT2D eigenvalue weighted by Gasteiger charge is -2.14. The van der Waals surface area contributed by atoms with Crippen molar-refractivity contribution in [2.45, 2.75) is 25.3 Å². The molecule has 1 amide bonds. The predicted molar refractivity (Wildman–Crippen MR) is 72.6 cm³/mol. The minimum absolute atomic E-state index is 0.368. The van der Waals surface area contributed by atoms with Crippen LogP contribution in [0, 0.1) is 0 Å². The Kier molecular flexibility index (Phi) is 5.81. The molecule has 0 aliphatic carbocycles. The van der Waals surface area contributed by atoms with Crippen LogP contribution in [0.15, 0.2) is 24.3 Å². The molecule has 0 aliphatic rings. The number of amides is 1. The Morgan fingerprint density at radius 2 is 1.84 bits per heavy atom. The second-order valence-corrected chi connectivity index (χ2v) is 4.27. The molecule has 1 aromatic carbocycles. The van der Waals surface area contributed by atoms with Crippen molar-refractivity contribution in [3.8, 4) is 0 Å². The fraction of sp³-hybridized carbons (Fsp3) is 0.385. The van der Waals surface area contributed by atoms with E-state index in [0.717, 1.165) is 6.42 Å². The Morgan fingerprint density at radius 3 is 2.37 bits per heavy atom. The van der Waals surface area contributed by atoms with E-state index < -0.39 is 17.9 Å². The standard InChI is InChI=1S/C13H19N3O3/c14-8-2-1-3-11(13(18)19)16-12(17)9-4-6-10(15)7-5-9/h4-7,11H,1-3,8,14-15H2,(H,16,17)(H,18,19). The molecule has 0 fully saturated rings. The first kappa shape index (κ1) is 15.0. The van der Waals surface area contributed by atoms with Gasteiger partial charge in [-0.1, -0.05) is 0 Å². The average molecular weight is 265 g/mol. The molecule has 0 aromatic heterocycles. The van der Waals surface area contributed by atoms with Crippen LogP contribution in [0.5, 0.6) is 0 Å². The number of aliphatic carboxylic acids is 1. The third kappa shape index (κ3) is 4.97. The maximum Gasteiger partial charge on any atom is 0.326 e. The number of hydrogen-bond acceptors (Lipinski definition) is 4. The summed E-state index contributed by atoms with van der Waals surface area (Å²) in [5, 5.41) is 11.5. The summed E-state index contributed by atoms with van der Waals surface area (Å²) in [7, 11) is 0. The second kappa shape index (κ2) is 7.38. The molecule has 6 nitrogen and oxygen atoms in total. The van der Waals surface area contributed by atoms with E-state index in [2.05, 4.69) is 5.32 Å². The van der Waals surface area contributed by atoms with Gasteiger partial charge in [0.15, 0.2) is 0 Å². The Labute approximate surface area is 111 Å². The predicted octanol–water partition coefficient (Wildman–Crippen LogP) is 0.581. The van der Waals surface area contributed by atoms with Gasteiger partial charge in [0.25, 0.3) is 5.91 Å². The maximum absolute atomic E-state index is 11.9. The van der Waals surface area contributed by atoms with E-state index in [1.54, 1.807) is 24.3 Å². The Balaban J connectivity index is 2.60. The van der Waals surface area contributed by atoms with Gasteiger partial charge in [-0.25, -0.2) is 4.79 Å². The lowest BCUT2D eigenvalue weighted by molar-refractivity contribution is -0.139. The van der Waals surface area contributed by atoms with E-state index >= 15 is 0 Å². The van der Waals surface area contributed by atoms with Crippen LogP contribution in [0.2, 0.25) is 0 Å². The molecule has 6 heteroatoms. The molecule has 104 valence electrons. The van der Waals surface area contributed by atoms with Crippen LogP contribution in [0.4, 0.5) is 5.69 Å². The number of nitrogens with two attached hydrogens (primary N) is 2. The highest BCUT2D eigenvalue weighted by Gasteiger charge is 2.19. The molecule has 1 unspecified atom stereocenters. The number of carboxylic acid groups (broad SMARTS) is 1. The first-order valence-corrected chi connectivity index (χ1v) is 6.14. The van der Waals surface area contributed by atoms with Gasteiger partial charge in [0, 0.05) is 11.3 Å². The monoisotopic (exact) mass is 265 g/mol. The molecule has 19 heavy (non-hydrogen) atoms. The maximum atomic E-state index is 11.9. The molecule has 0 saturated carbocycles. The third-order valence-corrected chi connectivity index (χ3v) is 2.72. The highest BCUT2D eigenvalue weighted by molar-refractivity contribution is 5.96.